The summed E-state index contributed by atoms with van der Waals surface area (Å²) in [6.45, 7) is -0.544. The number of thiophene rings is 1. The first kappa shape index (κ1) is 19.0. The summed E-state index contributed by atoms with van der Waals surface area (Å²) < 4.78 is 37.7. The van der Waals surface area contributed by atoms with E-state index in [4.69, 9.17) is 5.11 Å². The maximum atomic E-state index is 12.6. The molecule has 2 aromatic rings. The first-order valence-corrected chi connectivity index (χ1v) is 8.32. The summed E-state index contributed by atoms with van der Waals surface area (Å²) in [5.41, 5.74) is -0.344. The smallest absolute Gasteiger partial charge is 0.416 e. The average Bonchev–Trinajstić information content (AvgIpc) is 3.04. The van der Waals surface area contributed by atoms with Gasteiger partial charge >= 0.3 is 12.1 Å². The molecule has 0 spiro atoms. The Balaban J connectivity index is 2.03. The lowest BCUT2D eigenvalue weighted by Gasteiger charge is -2.21. The summed E-state index contributed by atoms with van der Waals surface area (Å²) in [5.74, 6) is -1.52. The molecule has 0 saturated heterocycles. The largest absolute Gasteiger partial charge is 0.480 e. The summed E-state index contributed by atoms with van der Waals surface area (Å²) in [5, 5.41) is 10.9. The van der Waals surface area contributed by atoms with Crippen molar-refractivity contribution in [2.24, 2.45) is 0 Å². The lowest BCUT2D eigenvalue weighted by molar-refractivity contribution is -0.144. The standard InChI is InChI=1S/C17H16F3NO3S/c18-17(19,20)13-5-3-12(4-6-13)10-21(11-16(23)24)15(22)8-7-14-2-1-9-25-14/h1-6,9H,7-8,10-11H2,(H,23,24). The van der Waals surface area contributed by atoms with Crippen molar-refractivity contribution in [1.82, 2.24) is 4.90 Å². The van der Waals surface area contributed by atoms with Gasteiger partial charge in [0.25, 0.3) is 0 Å². The van der Waals surface area contributed by atoms with Gasteiger partial charge in [0, 0.05) is 17.8 Å². The van der Waals surface area contributed by atoms with E-state index >= 15 is 0 Å². The van der Waals surface area contributed by atoms with Crippen molar-refractivity contribution in [2.45, 2.75) is 25.6 Å². The fourth-order valence-electron chi connectivity index (χ4n) is 2.26. The molecule has 0 aliphatic rings. The molecule has 4 nitrogen and oxygen atoms in total. The van der Waals surface area contributed by atoms with Crippen LogP contribution in [0.5, 0.6) is 0 Å². The quantitative estimate of drug-likeness (QED) is 0.805. The van der Waals surface area contributed by atoms with Gasteiger partial charge in [0.1, 0.15) is 6.54 Å². The average molecular weight is 371 g/mol. The molecule has 134 valence electrons. The van der Waals surface area contributed by atoms with Crippen molar-refractivity contribution in [3.8, 4) is 0 Å². The zero-order chi connectivity index (χ0) is 18.4. The topological polar surface area (TPSA) is 57.6 Å². The Morgan fingerprint density at radius 1 is 1.12 bits per heavy atom. The molecule has 0 fully saturated rings. The SMILES string of the molecule is O=C(O)CN(Cc1ccc(C(F)(F)F)cc1)C(=O)CCc1cccs1. The predicted octanol–water partition coefficient (Wildman–Crippen LogP) is 3.81. The molecule has 0 aliphatic heterocycles. The van der Waals surface area contributed by atoms with Gasteiger partial charge in [-0.05, 0) is 35.6 Å². The number of hydrogen-bond donors (Lipinski definition) is 1. The van der Waals surface area contributed by atoms with Gasteiger partial charge < -0.3 is 10.0 Å². The van der Waals surface area contributed by atoms with Crippen molar-refractivity contribution in [3.05, 3.63) is 57.8 Å². The monoisotopic (exact) mass is 371 g/mol. The first-order valence-electron chi connectivity index (χ1n) is 7.44. The Kier molecular flexibility index (Phi) is 6.19. The minimum Gasteiger partial charge on any atom is -0.480 e. The Hall–Kier alpha value is -2.35. The highest BCUT2D eigenvalue weighted by Gasteiger charge is 2.30. The number of amides is 1. The molecular weight excluding hydrogens is 355 g/mol. The van der Waals surface area contributed by atoms with Crippen molar-refractivity contribution in [1.29, 1.82) is 0 Å². The van der Waals surface area contributed by atoms with Crippen molar-refractivity contribution in [3.63, 3.8) is 0 Å². The van der Waals surface area contributed by atoms with Crippen LogP contribution in [0.4, 0.5) is 13.2 Å². The minimum absolute atomic E-state index is 0.0479. The molecule has 0 unspecified atom stereocenters. The van der Waals surface area contributed by atoms with E-state index in [9.17, 15) is 22.8 Å². The molecule has 0 bridgehead atoms. The number of aryl methyl sites for hydroxylation is 1. The predicted molar refractivity (Wildman–Crippen MR) is 87.1 cm³/mol. The van der Waals surface area contributed by atoms with Crippen LogP contribution in [0, 0.1) is 0 Å². The molecule has 1 heterocycles. The van der Waals surface area contributed by atoms with Crippen LogP contribution in [0.2, 0.25) is 0 Å². The van der Waals surface area contributed by atoms with E-state index in [1.165, 1.54) is 23.5 Å². The van der Waals surface area contributed by atoms with Gasteiger partial charge in [0.15, 0.2) is 0 Å². The summed E-state index contributed by atoms with van der Waals surface area (Å²) in [6, 6.07) is 8.10. The molecule has 1 aromatic heterocycles. The number of rotatable bonds is 7. The van der Waals surface area contributed by atoms with Gasteiger partial charge in [-0.2, -0.15) is 13.2 Å². The molecule has 0 radical (unpaired) electrons. The van der Waals surface area contributed by atoms with Gasteiger partial charge in [-0.15, -0.1) is 11.3 Å². The molecule has 0 saturated carbocycles. The van der Waals surface area contributed by atoms with E-state index < -0.39 is 24.3 Å². The highest BCUT2D eigenvalue weighted by molar-refractivity contribution is 7.09. The zero-order valence-electron chi connectivity index (χ0n) is 13.1. The van der Waals surface area contributed by atoms with Crippen LogP contribution in [0.15, 0.2) is 41.8 Å². The summed E-state index contributed by atoms with van der Waals surface area (Å²) in [6.07, 6.45) is -3.79. The molecule has 25 heavy (non-hydrogen) atoms. The van der Waals surface area contributed by atoms with Crippen LogP contribution in [0.25, 0.3) is 0 Å². The Morgan fingerprint density at radius 2 is 1.80 bits per heavy atom. The third-order valence-electron chi connectivity index (χ3n) is 3.50. The number of carbonyl (C=O) groups is 2. The normalized spacial score (nSPS) is 11.3. The molecule has 1 aromatic carbocycles. The maximum absolute atomic E-state index is 12.6. The van der Waals surface area contributed by atoms with E-state index in [1.54, 1.807) is 0 Å². The lowest BCUT2D eigenvalue weighted by atomic mass is 10.1. The highest BCUT2D eigenvalue weighted by atomic mass is 32.1. The number of benzene rings is 1. The van der Waals surface area contributed by atoms with E-state index in [-0.39, 0.29) is 18.9 Å². The zero-order valence-corrected chi connectivity index (χ0v) is 13.9. The van der Waals surface area contributed by atoms with E-state index in [0.717, 1.165) is 21.9 Å². The summed E-state index contributed by atoms with van der Waals surface area (Å²) >= 11 is 1.50. The Bertz CT molecular complexity index is 712. The van der Waals surface area contributed by atoms with Crippen LogP contribution in [-0.2, 0) is 28.7 Å². The lowest BCUT2D eigenvalue weighted by Crippen LogP contribution is -2.35. The Morgan fingerprint density at radius 3 is 2.32 bits per heavy atom. The minimum atomic E-state index is -4.43. The maximum Gasteiger partial charge on any atom is 0.416 e. The van der Waals surface area contributed by atoms with Crippen LogP contribution >= 0.6 is 11.3 Å². The van der Waals surface area contributed by atoms with Gasteiger partial charge in [-0.1, -0.05) is 18.2 Å². The third-order valence-corrected chi connectivity index (χ3v) is 4.44. The van der Waals surface area contributed by atoms with Gasteiger partial charge in [-0.3, -0.25) is 9.59 Å². The van der Waals surface area contributed by atoms with Gasteiger partial charge in [-0.25, -0.2) is 0 Å². The fraction of sp³-hybridized carbons (Fsp3) is 0.294. The highest BCUT2D eigenvalue weighted by Crippen LogP contribution is 2.29. The number of carboxylic acids is 1. The summed E-state index contributed by atoms with van der Waals surface area (Å²) in [7, 11) is 0. The molecule has 0 atom stereocenters. The number of carboxylic acid groups (broad SMARTS) is 1. The Labute approximate surface area is 146 Å². The van der Waals surface area contributed by atoms with Crippen molar-refractivity contribution in [2.75, 3.05) is 6.54 Å². The van der Waals surface area contributed by atoms with Gasteiger partial charge in [0.2, 0.25) is 5.91 Å². The number of hydrogen-bond acceptors (Lipinski definition) is 3. The second kappa shape index (κ2) is 8.15. The van der Waals surface area contributed by atoms with Crippen LogP contribution < -0.4 is 0 Å². The van der Waals surface area contributed by atoms with Crippen LogP contribution in [-0.4, -0.2) is 28.4 Å². The molecule has 2 rings (SSSR count). The number of aliphatic carboxylic acids is 1. The van der Waals surface area contributed by atoms with E-state index in [2.05, 4.69) is 0 Å². The van der Waals surface area contributed by atoms with E-state index in [1.807, 2.05) is 17.5 Å². The number of nitrogens with zero attached hydrogens (tertiary/aromatic N) is 1. The van der Waals surface area contributed by atoms with Crippen molar-refractivity contribution >= 4 is 23.2 Å². The van der Waals surface area contributed by atoms with E-state index in [0.29, 0.717) is 12.0 Å². The number of halogens is 3. The van der Waals surface area contributed by atoms with Crippen LogP contribution in [0.3, 0.4) is 0 Å². The number of alkyl halides is 3. The summed E-state index contributed by atoms with van der Waals surface area (Å²) in [4.78, 5) is 25.4. The molecule has 1 amide bonds. The second-order valence-corrected chi connectivity index (χ2v) is 6.45. The number of carbonyl (C=O) groups excluding carboxylic acids is 1. The third kappa shape index (κ3) is 5.90. The molecule has 8 heteroatoms. The fourth-order valence-corrected chi connectivity index (χ4v) is 2.97. The van der Waals surface area contributed by atoms with Gasteiger partial charge in [0.05, 0.1) is 5.56 Å². The molecule has 0 aliphatic carbocycles. The van der Waals surface area contributed by atoms with Crippen molar-refractivity contribution < 1.29 is 27.9 Å². The second-order valence-electron chi connectivity index (χ2n) is 5.42. The van der Waals surface area contributed by atoms with Crippen LogP contribution in [0.1, 0.15) is 22.4 Å². The molecular formula is C17H16F3NO3S. The first-order chi connectivity index (χ1) is 11.8. The molecule has 1 N–H and O–H groups in total.